The van der Waals surface area contributed by atoms with Crippen molar-refractivity contribution in [1.29, 1.82) is 0 Å². The lowest BCUT2D eigenvalue weighted by molar-refractivity contribution is 0.0479. The Morgan fingerprint density at radius 3 is 2.62 bits per heavy atom. The number of cyclic esters (lactones) is 1. The highest BCUT2D eigenvalue weighted by molar-refractivity contribution is 5.90. The highest BCUT2D eigenvalue weighted by Crippen LogP contribution is 2.30. The fraction of sp³-hybridized carbons (Fsp3) is 0.619. The summed E-state index contributed by atoms with van der Waals surface area (Å²) in [4.78, 5) is 28.2. The van der Waals surface area contributed by atoms with E-state index in [0.29, 0.717) is 6.54 Å². The number of benzene rings is 1. The van der Waals surface area contributed by atoms with Crippen molar-refractivity contribution in [3.8, 4) is 5.75 Å². The van der Waals surface area contributed by atoms with Gasteiger partial charge < -0.3 is 24.4 Å². The number of fused-ring (bicyclic) bond motifs is 1. The molecular weight excluding hydrogens is 374 g/mol. The van der Waals surface area contributed by atoms with E-state index in [0.717, 1.165) is 49.5 Å². The first-order chi connectivity index (χ1) is 13.7. The first-order valence-corrected chi connectivity index (χ1v) is 10.1. The minimum Gasteiger partial charge on any atom is -0.497 e. The van der Waals surface area contributed by atoms with Crippen molar-refractivity contribution < 1.29 is 23.8 Å². The van der Waals surface area contributed by atoms with Crippen LogP contribution in [0.5, 0.6) is 5.75 Å². The van der Waals surface area contributed by atoms with E-state index >= 15 is 0 Å². The van der Waals surface area contributed by atoms with Crippen LogP contribution in [-0.2, 0) is 16.1 Å². The van der Waals surface area contributed by atoms with E-state index in [1.54, 1.807) is 12.0 Å². The van der Waals surface area contributed by atoms with Crippen molar-refractivity contribution in [2.75, 3.05) is 38.2 Å². The second-order valence-electron chi connectivity index (χ2n) is 8.46. The van der Waals surface area contributed by atoms with Crippen molar-refractivity contribution in [3.05, 3.63) is 23.8 Å². The van der Waals surface area contributed by atoms with Crippen LogP contribution in [0.4, 0.5) is 15.3 Å². The summed E-state index contributed by atoms with van der Waals surface area (Å²) in [5.41, 5.74) is 1.33. The maximum absolute atomic E-state index is 12.3. The third-order valence-corrected chi connectivity index (χ3v) is 5.10. The van der Waals surface area contributed by atoms with Gasteiger partial charge in [0.2, 0.25) is 0 Å². The van der Waals surface area contributed by atoms with Crippen LogP contribution in [0.2, 0.25) is 0 Å². The van der Waals surface area contributed by atoms with Gasteiger partial charge in [0.1, 0.15) is 18.0 Å². The zero-order valence-electron chi connectivity index (χ0n) is 17.7. The molecule has 29 heavy (non-hydrogen) atoms. The molecule has 0 saturated carbocycles. The molecule has 8 heteroatoms. The minimum absolute atomic E-state index is 0.117. The van der Waals surface area contributed by atoms with Crippen LogP contribution < -0.4 is 15.0 Å². The van der Waals surface area contributed by atoms with E-state index in [2.05, 4.69) is 10.2 Å². The maximum atomic E-state index is 12.3. The van der Waals surface area contributed by atoms with Crippen molar-refractivity contribution in [2.45, 2.75) is 51.9 Å². The van der Waals surface area contributed by atoms with Gasteiger partial charge in [0, 0.05) is 43.9 Å². The molecule has 2 aliphatic heterocycles. The molecule has 2 aliphatic rings. The molecule has 0 radical (unpaired) electrons. The highest BCUT2D eigenvalue weighted by atomic mass is 16.6. The number of amides is 2. The second-order valence-corrected chi connectivity index (χ2v) is 8.46. The number of hydrogen-bond acceptors (Lipinski definition) is 6. The van der Waals surface area contributed by atoms with Gasteiger partial charge in [-0.2, -0.15) is 0 Å². The molecule has 1 saturated heterocycles. The fourth-order valence-corrected chi connectivity index (χ4v) is 3.59. The predicted octanol–water partition coefficient (Wildman–Crippen LogP) is 3.14. The number of ether oxygens (including phenoxy) is 3. The Kier molecular flexibility index (Phi) is 6.52. The van der Waals surface area contributed by atoms with E-state index in [9.17, 15) is 9.59 Å². The molecule has 1 aromatic carbocycles. The topological polar surface area (TPSA) is 80.3 Å². The molecule has 1 fully saturated rings. The lowest BCUT2D eigenvalue weighted by Gasteiger charge is -2.35. The molecule has 0 bridgehead atoms. The third kappa shape index (κ3) is 5.76. The van der Waals surface area contributed by atoms with Crippen LogP contribution in [0.3, 0.4) is 0 Å². The predicted molar refractivity (Wildman–Crippen MR) is 109 cm³/mol. The maximum Gasteiger partial charge on any atom is 0.414 e. The number of carbonyl (C=O) groups excluding carboxylic acids is 2. The molecule has 0 aliphatic carbocycles. The molecule has 2 heterocycles. The van der Waals surface area contributed by atoms with Crippen LogP contribution in [-0.4, -0.2) is 62.0 Å². The smallest absolute Gasteiger partial charge is 0.414 e. The number of likely N-dealkylation sites (tertiary alicyclic amines) is 1. The van der Waals surface area contributed by atoms with Crippen molar-refractivity contribution in [3.63, 3.8) is 0 Å². The van der Waals surface area contributed by atoms with E-state index in [1.165, 1.54) is 0 Å². The normalized spacial score (nSPS) is 18.1. The number of rotatable bonds is 5. The number of nitrogens with one attached hydrogen (secondary N) is 1. The second kappa shape index (κ2) is 8.90. The number of carbonyl (C=O) groups is 2. The van der Waals surface area contributed by atoms with Gasteiger partial charge in [0.05, 0.1) is 12.8 Å². The Labute approximate surface area is 172 Å². The Morgan fingerprint density at radius 1 is 1.24 bits per heavy atom. The summed E-state index contributed by atoms with van der Waals surface area (Å²) in [6.45, 7) is 8.85. The summed E-state index contributed by atoms with van der Waals surface area (Å²) in [5, 5.41) is 2.95. The SMILES string of the molecule is COc1ccc2c(c1)N(CCN1CCC(NC(=O)OC(C)(C)C)CC1)C(=O)OC2. The van der Waals surface area contributed by atoms with E-state index in [-0.39, 0.29) is 24.8 Å². The highest BCUT2D eigenvalue weighted by Gasteiger charge is 2.28. The molecule has 160 valence electrons. The lowest BCUT2D eigenvalue weighted by Crippen LogP contribution is -2.48. The van der Waals surface area contributed by atoms with Gasteiger partial charge in [-0.25, -0.2) is 9.59 Å². The molecule has 0 unspecified atom stereocenters. The van der Waals surface area contributed by atoms with Crippen molar-refractivity contribution in [1.82, 2.24) is 10.2 Å². The largest absolute Gasteiger partial charge is 0.497 e. The summed E-state index contributed by atoms with van der Waals surface area (Å²) < 4.78 is 15.9. The Balaban J connectivity index is 1.50. The third-order valence-electron chi connectivity index (χ3n) is 5.10. The van der Waals surface area contributed by atoms with E-state index in [4.69, 9.17) is 14.2 Å². The minimum atomic E-state index is -0.493. The Morgan fingerprint density at radius 2 is 1.97 bits per heavy atom. The first-order valence-electron chi connectivity index (χ1n) is 10.1. The average molecular weight is 405 g/mol. The van der Waals surface area contributed by atoms with Gasteiger partial charge in [0.15, 0.2) is 0 Å². The monoisotopic (exact) mass is 405 g/mol. The van der Waals surface area contributed by atoms with E-state index in [1.807, 2.05) is 39.0 Å². The van der Waals surface area contributed by atoms with E-state index < -0.39 is 5.60 Å². The molecular formula is C21H31N3O5. The van der Waals surface area contributed by atoms with Gasteiger partial charge in [-0.05, 0) is 45.7 Å². The average Bonchev–Trinajstić information content (AvgIpc) is 2.66. The Hall–Kier alpha value is -2.48. The number of piperidine rings is 1. The van der Waals surface area contributed by atoms with Gasteiger partial charge in [0.25, 0.3) is 0 Å². The summed E-state index contributed by atoms with van der Waals surface area (Å²) in [6, 6.07) is 5.80. The first kappa shape index (κ1) is 21.2. The molecule has 1 N–H and O–H groups in total. The fourth-order valence-electron chi connectivity index (χ4n) is 3.59. The molecule has 2 amide bonds. The number of methoxy groups -OCH3 is 1. The van der Waals surface area contributed by atoms with Crippen LogP contribution in [0.1, 0.15) is 39.2 Å². The van der Waals surface area contributed by atoms with Crippen molar-refractivity contribution >= 4 is 17.9 Å². The molecule has 3 rings (SSSR count). The van der Waals surface area contributed by atoms with Crippen LogP contribution >= 0.6 is 0 Å². The van der Waals surface area contributed by atoms with Gasteiger partial charge in [-0.3, -0.25) is 4.90 Å². The van der Waals surface area contributed by atoms with Gasteiger partial charge in [-0.15, -0.1) is 0 Å². The van der Waals surface area contributed by atoms with Gasteiger partial charge in [-0.1, -0.05) is 0 Å². The van der Waals surface area contributed by atoms with Crippen LogP contribution in [0.25, 0.3) is 0 Å². The standard InChI is InChI=1S/C21H31N3O5/c1-21(2,3)29-19(25)22-16-7-9-23(10-8-16)11-12-24-18-13-17(27-4)6-5-15(18)14-28-20(24)26/h5-6,13,16H,7-12,14H2,1-4H3,(H,22,25). The summed E-state index contributed by atoms with van der Waals surface area (Å²) in [5.74, 6) is 0.720. The summed E-state index contributed by atoms with van der Waals surface area (Å²) >= 11 is 0. The molecule has 0 aromatic heterocycles. The molecule has 1 aromatic rings. The number of alkyl carbamates (subject to hydrolysis) is 1. The summed E-state index contributed by atoms with van der Waals surface area (Å²) in [7, 11) is 1.61. The summed E-state index contributed by atoms with van der Waals surface area (Å²) in [6.07, 6.45) is 1.02. The number of hydrogen-bond donors (Lipinski definition) is 1. The lowest BCUT2D eigenvalue weighted by atomic mass is 10.1. The number of nitrogens with zero attached hydrogens (tertiary/aromatic N) is 2. The quantitative estimate of drug-likeness (QED) is 0.811. The molecule has 8 nitrogen and oxygen atoms in total. The zero-order valence-corrected chi connectivity index (χ0v) is 17.7. The van der Waals surface area contributed by atoms with Crippen LogP contribution in [0.15, 0.2) is 18.2 Å². The molecule has 0 atom stereocenters. The van der Waals surface area contributed by atoms with Crippen LogP contribution in [0, 0.1) is 0 Å². The molecule has 0 spiro atoms. The Bertz CT molecular complexity index is 738. The van der Waals surface area contributed by atoms with Crippen molar-refractivity contribution in [2.24, 2.45) is 0 Å². The van der Waals surface area contributed by atoms with Gasteiger partial charge >= 0.3 is 12.2 Å². The number of anilines is 1. The zero-order chi connectivity index (χ0) is 21.0.